The van der Waals surface area contributed by atoms with Gasteiger partial charge in [-0.05, 0) is 58.9 Å². The number of aryl methyl sites for hydroxylation is 1. The fraction of sp³-hybridized carbons (Fsp3) is 0.440. The third kappa shape index (κ3) is 9.14. The summed E-state index contributed by atoms with van der Waals surface area (Å²) in [4.78, 5) is 65.6. The highest BCUT2D eigenvalue weighted by molar-refractivity contribution is 7.15. The maximum Gasteiger partial charge on any atom is 0.412 e. The van der Waals surface area contributed by atoms with Crippen LogP contribution in [0.5, 0.6) is 0 Å². The lowest BCUT2D eigenvalue weighted by Gasteiger charge is -2.20. The van der Waals surface area contributed by atoms with Crippen molar-refractivity contribution in [1.82, 2.24) is 15.6 Å². The average Bonchev–Trinajstić information content (AvgIpc) is 3.21. The minimum absolute atomic E-state index is 0.0857. The Morgan fingerprint density at radius 1 is 1.05 bits per heavy atom. The topological polar surface area (TPSA) is 162 Å². The molecule has 2 rings (SSSR count). The van der Waals surface area contributed by atoms with Gasteiger partial charge in [-0.1, -0.05) is 0 Å². The second-order valence-electron chi connectivity index (χ2n) is 9.21. The molecule has 0 aliphatic heterocycles. The van der Waals surface area contributed by atoms with Crippen LogP contribution in [-0.4, -0.2) is 66.2 Å². The molecule has 3 amide bonds. The molecule has 0 saturated heterocycles. The summed E-state index contributed by atoms with van der Waals surface area (Å²) in [6.45, 7) is 9.14. The number of methoxy groups -OCH3 is 1. The molecule has 1 heterocycles. The minimum Gasteiger partial charge on any atom is -0.467 e. The molecule has 2 aromatic rings. The molecular formula is C25H32N4O8S. The summed E-state index contributed by atoms with van der Waals surface area (Å²) in [6.07, 6.45) is -0.581. The molecule has 38 heavy (non-hydrogen) atoms. The Kier molecular flexibility index (Phi) is 10.3. The highest BCUT2D eigenvalue weighted by Crippen LogP contribution is 2.29. The summed E-state index contributed by atoms with van der Waals surface area (Å²) < 4.78 is 14.7. The molecule has 2 atom stereocenters. The van der Waals surface area contributed by atoms with E-state index >= 15 is 0 Å². The van der Waals surface area contributed by atoms with E-state index in [0.717, 1.165) is 0 Å². The Balaban J connectivity index is 2.15. The van der Waals surface area contributed by atoms with Gasteiger partial charge in [0.2, 0.25) is 5.91 Å². The first-order valence-corrected chi connectivity index (χ1v) is 12.4. The average molecular weight is 549 g/mol. The van der Waals surface area contributed by atoms with E-state index in [9.17, 15) is 24.0 Å². The smallest absolute Gasteiger partial charge is 0.412 e. The monoisotopic (exact) mass is 548 g/mol. The van der Waals surface area contributed by atoms with Crippen LogP contribution in [0.4, 0.5) is 10.5 Å². The Morgan fingerprint density at radius 3 is 2.24 bits per heavy atom. The molecule has 1 aromatic heterocycles. The molecule has 0 aliphatic rings. The molecule has 13 heteroatoms. The molecule has 0 aliphatic carbocycles. The van der Waals surface area contributed by atoms with Gasteiger partial charge in [0.1, 0.15) is 35.0 Å². The number of amides is 3. The molecule has 3 N–H and O–H groups in total. The third-order valence-electron chi connectivity index (χ3n) is 4.78. The summed E-state index contributed by atoms with van der Waals surface area (Å²) in [5, 5.41) is 8.10. The standard InChI is InChI=1S/C25H32N4O8S/c1-13(23(33)35-7)26-20(31)18(12-36-15(3)30)28-21(32)19-14(2)38-22(29-19)16-8-10-17(11-9-16)27-24(34)37-25(4,5)6/h8-11,13,18H,12H2,1-7H3,(H,26,31)(H,27,34)(H,28,32)/t13-,18-/m0/s1. The molecule has 0 spiro atoms. The van der Waals surface area contributed by atoms with E-state index in [-0.39, 0.29) is 5.69 Å². The van der Waals surface area contributed by atoms with Gasteiger partial charge in [0.25, 0.3) is 5.91 Å². The minimum atomic E-state index is -1.28. The lowest BCUT2D eigenvalue weighted by molar-refractivity contribution is -0.146. The number of aromatic nitrogens is 1. The van der Waals surface area contributed by atoms with Crippen molar-refractivity contribution < 1.29 is 38.2 Å². The molecule has 12 nitrogen and oxygen atoms in total. The highest BCUT2D eigenvalue weighted by atomic mass is 32.1. The third-order valence-corrected chi connectivity index (χ3v) is 5.80. The fourth-order valence-electron chi connectivity index (χ4n) is 3.01. The van der Waals surface area contributed by atoms with E-state index < -0.39 is 54.1 Å². The Morgan fingerprint density at radius 2 is 1.68 bits per heavy atom. The van der Waals surface area contributed by atoms with Crippen LogP contribution >= 0.6 is 11.3 Å². The number of carbonyl (C=O) groups is 5. The summed E-state index contributed by atoms with van der Waals surface area (Å²) >= 11 is 1.26. The zero-order valence-electron chi connectivity index (χ0n) is 22.3. The largest absolute Gasteiger partial charge is 0.467 e. The first-order valence-electron chi connectivity index (χ1n) is 11.6. The van der Waals surface area contributed by atoms with E-state index in [1.165, 1.54) is 32.3 Å². The SMILES string of the molecule is COC(=O)[C@H](C)NC(=O)[C@H](COC(C)=O)NC(=O)c1nc(-c2ccc(NC(=O)OC(C)(C)C)cc2)sc1C. The van der Waals surface area contributed by atoms with Gasteiger partial charge in [-0.3, -0.25) is 19.7 Å². The number of nitrogens with zero attached hydrogens (tertiary/aromatic N) is 1. The molecule has 0 saturated carbocycles. The van der Waals surface area contributed by atoms with Crippen molar-refractivity contribution in [2.45, 2.75) is 59.2 Å². The van der Waals surface area contributed by atoms with Gasteiger partial charge >= 0.3 is 18.0 Å². The van der Waals surface area contributed by atoms with Crippen LogP contribution in [0.3, 0.4) is 0 Å². The fourth-order valence-corrected chi connectivity index (χ4v) is 3.92. The maximum atomic E-state index is 13.0. The van der Waals surface area contributed by atoms with E-state index in [2.05, 4.69) is 25.7 Å². The van der Waals surface area contributed by atoms with Gasteiger partial charge in [0.15, 0.2) is 0 Å². The van der Waals surface area contributed by atoms with Crippen LogP contribution in [0.1, 0.15) is 50.0 Å². The molecule has 206 valence electrons. The molecular weight excluding hydrogens is 516 g/mol. The van der Waals surface area contributed by atoms with Crippen molar-refractivity contribution in [2.24, 2.45) is 0 Å². The van der Waals surface area contributed by atoms with Crippen LogP contribution in [0.25, 0.3) is 10.6 Å². The quantitative estimate of drug-likeness (QED) is 0.316. The number of anilines is 1. The number of ether oxygens (including phenoxy) is 3. The predicted octanol–water partition coefficient (Wildman–Crippen LogP) is 2.80. The van der Waals surface area contributed by atoms with Crippen LogP contribution in [0.15, 0.2) is 24.3 Å². The Bertz CT molecular complexity index is 1190. The second kappa shape index (κ2) is 13.0. The van der Waals surface area contributed by atoms with Gasteiger partial charge in [0.05, 0.1) is 7.11 Å². The lowest BCUT2D eigenvalue weighted by Crippen LogP contribution is -2.53. The molecule has 0 unspecified atom stereocenters. The zero-order valence-corrected chi connectivity index (χ0v) is 23.1. The number of hydrogen-bond donors (Lipinski definition) is 3. The van der Waals surface area contributed by atoms with Gasteiger partial charge in [-0.15, -0.1) is 11.3 Å². The van der Waals surface area contributed by atoms with Gasteiger partial charge in [-0.25, -0.2) is 14.6 Å². The van der Waals surface area contributed by atoms with E-state index in [1.54, 1.807) is 52.0 Å². The number of nitrogens with one attached hydrogen (secondary N) is 3. The number of carbonyl (C=O) groups excluding carboxylic acids is 5. The van der Waals surface area contributed by atoms with E-state index in [4.69, 9.17) is 9.47 Å². The van der Waals surface area contributed by atoms with Crippen LogP contribution in [0, 0.1) is 6.92 Å². The van der Waals surface area contributed by atoms with Crippen molar-refractivity contribution in [3.8, 4) is 10.6 Å². The van der Waals surface area contributed by atoms with Crippen molar-refractivity contribution in [3.63, 3.8) is 0 Å². The number of hydrogen-bond acceptors (Lipinski definition) is 10. The number of esters is 2. The molecule has 0 radical (unpaired) electrons. The van der Waals surface area contributed by atoms with Crippen molar-refractivity contribution in [1.29, 1.82) is 0 Å². The normalized spacial score (nSPS) is 12.5. The number of benzene rings is 1. The van der Waals surface area contributed by atoms with E-state index in [1.807, 2.05) is 0 Å². The number of rotatable bonds is 9. The summed E-state index contributed by atoms with van der Waals surface area (Å²) in [7, 11) is 1.18. The van der Waals surface area contributed by atoms with Crippen LogP contribution in [0.2, 0.25) is 0 Å². The summed E-state index contributed by atoms with van der Waals surface area (Å²) in [5.74, 6) is -2.72. The van der Waals surface area contributed by atoms with Gasteiger partial charge < -0.3 is 24.8 Å². The zero-order chi connectivity index (χ0) is 28.6. The van der Waals surface area contributed by atoms with Crippen molar-refractivity contribution in [2.75, 3.05) is 19.0 Å². The predicted molar refractivity (Wildman–Crippen MR) is 140 cm³/mol. The second-order valence-corrected chi connectivity index (χ2v) is 10.4. The first-order chi connectivity index (χ1) is 17.7. The Labute approximate surface area is 224 Å². The molecule has 0 fully saturated rings. The van der Waals surface area contributed by atoms with Crippen LogP contribution in [-0.2, 0) is 28.6 Å². The number of thiazole rings is 1. The van der Waals surface area contributed by atoms with Crippen molar-refractivity contribution >= 4 is 46.9 Å². The lowest BCUT2D eigenvalue weighted by atomic mass is 10.2. The summed E-state index contributed by atoms with van der Waals surface area (Å²) in [6, 6.07) is 4.57. The van der Waals surface area contributed by atoms with Gasteiger partial charge in [0, 0.05) is 23.1 Å². The highest BCUT2D eigenvalue weighted by Gasteiger charge is 2.28. The summed E-state index contributed by atoms with van der Waals surface area (Å²) in [5.41, 5.74) is 0.682. The van der Waals surface area contributed by atoms with E-state index in [0.29, 0.717) is 21.1 Å². The van der Waals surface area contributed by atoms with Gasteiger partial charge in [-0.2, -0.15) is 0 Å². The maximum absolute atomic E-state index is 13.0. The van der Waals surface area contributed by atoms with Crippen molar-refractivity contribution in [3.05, 3.63) is 34.8 Å². The first kappa shape index (κ1) is 30.2. The van der Waals surface area contributed by atoms with Crippen LogP contribution < -0.4 is 16.0 Å². The molecule has 1 aromatic carbocycles. The molecule has 0 bridgehead atoms. The Hall–Kier alpha value is -4.00.